The highest BCUT2D eigenvalue weighted by atomic mass is 19.2. The molecule has 0 atom stereocenters. The van der Waals surface area contributed by atoms with Gasteiger partial charge in [-0.3, -0.25) is 4.79 Å². The molecule has 0 saturated carbocycles. The van der Waals surface area contributed by atoms with Gasteiger partial charge in [-0.15, -0.1) is 0 Å². The minimum Gasteiger partial charge on any atom is -0.489 e. The Kier molecular flexibility index (Phi) is 4.52. The summed E-state index contributed by atoms with van der Waals surface area (Å²) in [7, 11) is 0. The number of halogens is 2. The van der Waals surface area contributed by atoms with E-state index in [1.807, 2.05) is 13.8 Å². The van der Waals surface area contributed by atoms with Gasteiger partial charge in [0.05, 0.1) is 0 Å². The summed E-state index contributed by atoms with van der Waals surface area (Å²) in [5, 5.41) is 2.63. The van der Waals surface area contributed by atoms with E-state index in [1.54, 1.807) is 12.1 Å². The smallest absolute Gasteiger partial charge is 0.211 e. The third-order valence-electron chi connectivity index (χ3n) is 3.10. The van der Waals surface area contributed by atoms with Gasteiger partial charge in [0, 0.05) is 5.69 Å². The Morgan fingerprint density at radius 1 is 1.10 bits per heavy atom. The molecule has 5 heteroatoms. The Morgan fingerprint density at radius 2 is 1.76 bits per heavy atom. The summed E-state index contributed by atoms with van der Waals surface area (Å²) in [6.45, 7) is 3.84. The number of hydrogen-bond acceptors (Lipinski definition) is 2. The Morgan fingerprint density at radius 3 is 2.33 bits per heavy atom. The third-order valence-corrected chi connectivity index (χ3v) is 3.10. The van der Waals surface area contributed by atoms with Crippen molar-refractivity contribution in [1.82, 2.24) is 0 Å². The molecule has 0 heterocycles. The van der Waals surface area contributed by atoms with Crippen LogP contribution < -0.4 is 10.1 Å². The lowest BCUT2D eigenvalue weighted by molar-refractivity contribution is -0.105. The summed E-state index contributed by atoms with van der Waals surface area (Å²) >= 11 is 0. The largest absolute Gasteiger partial charge is 0.489 e. The first-order chi connectivity index (χ1) is 10.0. The van der Waals surface area contributed by atoms with E-state index in [9.17, 15) is 13.6 Å². The molecule has 3 nitrogen and oxygen atoms in total. The fourth-order valence-corrected chi connectivity index (χ4v) is 2.09. The maximum absolute atomic E-state index is 13.1. The van der Waals surface area contributed by atoms with Crippen molar-refractivity contribution < 1.29 is 18.3 Å². The molecule has 2 aromatic rings. The topological polar surface area (TPSA) is 38.3 Å². The first kappa shape index (κ1) is 15.0. The van der Waals surface area contributed by atoms with E-state index in [0.717, 1.165) is 28.9 Å². The molecular formula is C16H15F2NO2. The first-order valence-corrected chi connectivity index (χ1v) is 6.39. The molecule has 0 aliphatic carbocycles. The van der Waals surface area contributed by atoms with E-state index in [0.29, 0.717) is 17.7 Å². The van der Waals surface area contributed by atoms with Crippen LogP contribution in [0.25, 0.3) is 0 Å². The number of carbonyl (C=O) groups excluding carboxylic acids is 1. The highest BCUT2D eigenvalue weighted by Gasteiger charge is 2.07. The van der Waals surface area contributed by atoms with Gasteiger partial charge in [-0.2, -0.15) is 0 Å². The van der Waals surface area contributed by atoms with Gasteiger partial charge in [-0.25, -0.2) is 8.78 Å². The van der Waals surface area contributed by atoms with E-state index in [-0.39, 0.29) is 6.61 Å². The van der Waals surface area contributed by atoms with Crippen molar-refractivity contribution in [2.45, 2.75) is 20.5 Å². The molecule has 0 saturated heterocycles. The molecule has 1 amide bonds. The lowest BCUT2D eigenvalue weighted by Crippen LogP contribution is -2.02. The maximum Gasteiger partial charge on any atom is 0.211 e. The van der Waals surface area contributed by atoms with Crippen molar-refractivity contribution in [3.63, 3.8) is 0 Å². The van der Waals surface area contributed by atoms with Crippen LogP contribution in [-0.4, -0.2) is 6.41 Å². The number of aryl methyl sites for hydroxylation is 2. The predicted molar refractivity (Wildman–Crippen MR) is 76.3 cm³/mol. The second-order valence-electron chi connectivity index (χ2n) is 4.73. The zero-order chi connectivity index (χ0) is 15.4. The van der Waals surface area contributed by atoms with Crippen LogP contribution in [0.5, 0.6) is 5.75 Å². The summed E-state index contributed by atoms with van der Waals surface area (Å²) in [6, 6.07) is 7.21. The van der Waals surface area contributed by atoms with Gasteiger partial charge >= 0.3 is 0 Å². The molecule has 0 unspecified atom stereocenters. The number of anilines is 1. The van der Waals surface area contributed by atoms with Crippen molar-refractivity contribution in [2.24, 2.45) is 0 Å². The van der Waals surface area contributed by atoms with Crippen LogP contribution in [0.15, 0.2) is 30.3 Å². The number of ether oxygens (including phenoxy) is 1. The van der Waals surface area contributed by atoms with Crippen LogP contribution in [0.4, 0.5) is 14.5 Å². The number of carbonyl (C=O) groups is 1. The van der Waals surface area contributed by atoms with Crippen molar-refractivity contribution >= 4 is 12.1 Å². The van der Waals surface area contributed by atoms with Crippen molar-refractivity contribution in [3.8, 4) is 5.75 Å². The van der Waals surface area contributed by atoms with E-state index >= 15 is 0 Å². The molecule has 2 rings (SSSR count). The molecule has 0 bridgehead atoms. The minimum atomic E-state index is -0.894. The number of amides is 1. The van der Waals surface area contributed by atoms with Gasteiger partial charge in [0.2, 0.25) is 6.41 Å². The molecule has 0 aliphatic heterocycles. The Labute approximate surface area is 121 Å². The van der Waals surface area contributed by atoms with Crippen LogP contribution in [-0.2, 0) is 11.4 Å². The summed E-state index contributed by atoms with van der Waals surface area (Å²) in [5.41, 5.74) is 3.01. The second kappa shape index (κ2) is 6.35. The quantitative estimate of drug-likeness (QED) is 0.852. The fraction of sp³-hybridized carbons (Fsp3) is 0.188. The molecule has 1 N–H and O–H groups in total. The number of benzene rings is 2. The maximum atomic E-state index is 13.1. The van der Waals surface area contributed by atoms with Crippen molar-refractivity contribution in [2.75, 3.05) is 5.32 Å². The number of rotatable bonds is 5. The van der Waals surface area contributed by atoms with Crippen LogP contribution in [0.1, 0.15) is 16.7 Å². The van der Waals surface area contributed by atoms with E-state index in [4.69, 9.17) is 4.74 Å². The molecule has 0 aromatic heterocycles. The summed E-state index contributed by atoms with van der Waals surface area (Å²) in [5.74, 6) is -1.17. The number of hydrogen-bond donors (Lipinski definition) is 1. The first-order valence-electron chi connectivity index (χ1n) is 6.39. The molecule has 0 spiro atoms. The van der Waals surface area contributed by atoms with Gasteiger partial charge in [-0.1, -0.05) is 6.07 Å². The minimum absolute atomic E-state index is 0.135. The predicted octanol–water partition coefficient (Wildman–Crippen LogP) is 3.73. The van der Waals surface area contributed by atoms with E-state index in [1.165, 1.54) is 6.07 Å². The van der Waals surface area contributed by atoms with Gasteiger partial charge in [-0.05, 0) is 54.8 Å². The monoisotopic (exact) mass is 291 g/mol. The highest BCUT2D eigenvalue weighted by molar-refractivity contribution is 5.76. The van der Waals surface area contributed by atoms with Crippen LogP contribution in [0.3, 0.4) is 0 Å². The van der Waals surface area contributed by atoms with Crippen LogP contribution in [0, 0.1) is 25.5 Å². The molecule has 2 aromatic carbocycles. The highest BCUT2D eigenvalue weighted by Crippen LogP contribution is 2.26. The van der Waals surface area contributed by atoms with Gasteiger partial charge in [0.1, 0.15) is 12.4 Å². The zero-order valence-corrected chi connectivity index (χ0v) is 11.7. The van der Waals surface area contributed by atoms with E-state index in [2.05, 4.69) is 5.32 Å². The third kappa shape index (κ3) is 3.56. The van der Waals surface area contributed by atoms with Gasteiger partial charge < -0.3 is 10.1 Å². The molecule has 0 aliphatic rings. The van der Waals surface area contributed by atoms with Crippen LogP contribution >= 0.6 is 0 Å². The molecular weight excluding hydrogens is 276 g/mol. The molecule has 21 heavy (non-hydrogen) atoms. The van der Waals surface area contributed by atoms with Crippen LogP contribution in [0.2, 0.25) is 0 Å². The standard InChI is InChI=1S/C16H15F2NO2/c1-10-5-13(6-11(2)16(10)19-9-20)21-8-12-3-4-14(17)15(18)7-12/h3-7,9H,8H2,1-2H3,(H,19,20). The average Bonchev–Trinajstić information content (AvgIpc) is 2.44. The fourth-order valence-electron chi connectivity index (χ4n) is 2.09. The van der Waals surface area contributed by atoms with Crippen molar-refractivity contribution in [3.05, 3.63) is 58.7 Å². The Balaban J connectivity index is 2.13. The SMILES string of the molecule is Cc1cc(OCc2ccc(F)c(F)c2)cc(C)c1NC=O. The lowest BCUT2D eigenvalue weighted by atomic mass is 10.1. The van der Waals surface area contributed by atoms with Crippen molar-refractivity contribution in [1.29, 1.82) is 0 Å². The molecule has 110 valence electrons. The number of nitrogens with one attached hydrogen (secondary N) is 1. The molecule has 0 radical (unpaired) electrons. The summed E-state index contributed by atoms with van der Waals surface area (Å²) in [6.07, 6.45) is 0.622. The Bertz CT molecular complexity index is 648. The average molecular weight is 291 g/mol. The molecule has 0 fully saturated rings. The zero-order valence-electron chi connectivity index (χ0n) is 11.7. The Hall–Kier alpha value is -2.43. The normalized spacial score (nSPS) is 10.3. The van der Waals surface area contributed by atoms with Gasteiger partial charge in [0.15, 0.2) is 11.6 Å². The van der Waals surface area contributed by atoms with Gasteiger partial charge in [0.25, 0.3) is 0 Å². The van der Waals surface area contributed by atoms with E-state index < -0.39 is 11.6 Å². The lowest BCUT2D eigenvalue weighted by Gasteiger charge is -2.12. The summed E-state index contributed by atoms with van der Waals surface area (Å²) in [4.78, 5) is 10.5. The summed E-state index contributed by atoms with van der Waals surface area (Å²) < 4.78 is 31.5. The second-order valence-corrected chi connectivity index (χ2v) is 4.73.